The number of carbonyl (C=O) groups is 2. The molecule has 0 bridgehead atoms. The van der Waals surface area contributed by atoms with Gasteiger partial charge in [0.05, 0.1) is 5.75 Å². The minimum atomic E-state index is 0.0223. The smallest absolute Gasteiger partial charge is 0.230 e. The van der Waals surface area contributed by atoms with Crippen molar-refractivity contribution in [1.82, 2.24) is 5.32 Å². The molecule has 5 heteroatoms. The molecule has 0 spiro atoms. The fourth-order valence-electron chi connectivity index (χ4n) is 1.91. The molecule has 1 aromatic rings. The number of rotatable bonds is 9. The standard InChI is InChI=1S/C18H28N2O2S/c1-13(2)15(4)19-18(22)12-23-10-6-9-17(21)20-16-8-5-7-14(3)11-16/h5,7-8,11,13,15H,6,9-10,12H2,1-4H3,(H,19,22)(H,20,21)/t15-/m1/s1. The van der Waals surface area contributed by atoms with E-state index in [-0.39, 0.29) is 17.9 Å². The summed E-state index contributed by atoms with van der Waals surface area (Å²) in [4.78, 5) is 23.6. The minimum absolute atomic E-state index is 0.0223. The molecular weight excluding hydrogens is 308 g/mol. The van der Waals surface area contributed by atoms with Gasteiger partial charge in [-0.15, -0.1) is 0 Å². The van der Waals surface area contributed by atoms with Gasteiger partial charge in [-0.2, -0.15) is 11.8 Å². The maximum atomic E-state index is 11.8. The number of hydrogen-bond donors (Lipinski definition) is 2. The summed E-state index contributed by atoms with van der Waals surface area (Å²) in [7, 11) is 0. The molecule has 4 nitrogen and oxygen atoms in total. The van der Waals surface area contributed by atoms with Crippen molar-refractivity contribution in [3.63, 3.8) is 0 Å². The molecule has 0 aliphatic rings. The Hall–Kier alpha value is -1.49. The van der Waals surface area contributed by atoms with Crippen LogP contribution in [0.4, 0.5) is 5.69 Å². The van der Waals surface area contributed by atoms with Crippen molar-refractivity contribution in [2.24, 2.45) is 5.92 Å². The average Bonchev–Trinajstić information content (AvgIpc) is 2.46. The van der Waals surface area contributed by atoms with E-state index in [1.165, 1.54) is 0 Å². The molecule has 128 valence electrons. The summed E-state index contributed by atoms with van der Waals surface area (Å²) in [5.41, 5.74) is 1.96. The zero-order chi connectivity index (χ0) is 17.2. The summed E-state index contributed by atoms with van der Waals surface area (Å²) in [5, 5.41) is 5.87. The largest absolute Gasteiger partial charge is 0.353 e. The number of carbonyl (C=O) groups excluding carboxylic acids is 2. The highest BCUT2D eigenvalue weighted by molar-refractivity contribution is 7.99. The minimum Gasteiger partial charge on any atom is -0.353 e. The highest BCUT2D eigenvalue weighted by Crippen LogP contribution is 2.11. The van der Waals surface area contributed by atoms with E-state index in [9.17, 15) is 9.59 Å². The lowest BCUT2D eigenvalue weighted by atomic mass is 10.1. The Labute approximate surface area is 143 Å². The normalized spacial score (nSPS) is 12.0. The number of nitrogens with one attached hydrogen (secondary N) is 2. The molecule has 2 amide bonds. The van der Waals surface area contributed by atoms with Gasteiger partial charge >= 0.3 is 0 Å². The highest BCUT2D eigenvalue weighted by Gasteiger charge is 2.10. The van der Waals surface area contributed by atoms with Crippen molar-refractivity contribution in [3.8, 4) is 0 Å². The maximum Gasteiger partial charge on any atom is 0.230 e. The van der Waals surface area contributed by atoms with Crippen LogP contribution in [0.3, 0.4) is 0 Å². The Morgan fingerprint density at radius 1 is 1.17 bits per heavy atom. The van der Waals surface area contributed by atoms with E-state index in [0.717, 1.165) is 23.4 Å². The first-order valence-corrected chi connectivity index (χ1v) is 9.27. The molecule has 0 radical (unpaired) electrons. The Kier molecular flexibility index (Phi) is 8.77. The fourth-order valence-corrected chi connectivity index (χ4v) is 2.67. The highest BCUT2D eigenvalue weighted by atomic mass is 32.2. The summed E-state index contributed by atoms with van der Waals surface area (Å²) in [5.74, 6) is 1.80. The van der Waals surface area contributed by atoms with Gasteiger partial charge in [-0.1, -0.05) is 26.0 Å². The van der Waals surface area contributed by atoms with Gasteiger partial charge in [0.15, 0.2) is 0 Å². The lowest BCUT2D eigenvalue weighted by Crippen LogP contribution is -2.37. The third-order valence-electron chi connectivity index (χ3n) is 3.62. The molecule has 0 saturated carbocycles. The van der Waals surface area contributed by atoms with Gasteiger partial charge in [-0.05, 0) is 49.6 Å². The van der Waals surface area contributed by atoms with Gasteiger partial charge in [-0.25, -0.2) is 0 Å². The van der Waals surface area contributed by atoms with Crippen LogP contribution in [0.5, 0.6) is 0 Å². The molecule has 0 aliphatic heterocycles. The molecule has 0 heterocycles. The van der Waals surface area contributed by atoms with E-state index < -0.39 is 0 Å². The van der Waals surface area contributed by atoms with Crippen LogP contribution in [0.2, 0.25) is 0 Å². The van der Waals surface area contributed by atoms with Crippen molar-refractivity contribution >= 4 is 29.3 Å². The van der Waals surface area contributed by atoms with Crippen LogP contribution in [0.1, 0.15) is 39.2 Å². The van der Waals surface area contributed by atoms with Gasteiger partial charge in [0.2, 0.25) is 11.8 Å². The zero-order valence-electron chi connectivity index (χ0n) is 14.5. The van der Waals surface area contributed by atoms with Crippen LogP contribution in [0, 0.1) is 12.8 Å². The second kappa shape index (κ2) is 10.3. The molecule has 2 N–H and O–H groups in total. The SMILES string of the molecule is Cc1cccc(NC(=O)CCCSCC(=O)N[C@H](C)C(C)C)c1. The Morgan fingerprint density at radius 2 is 1.91 bits per heavy atom. The van der Waals surface area contributed by atoms with Gasteiger partial charge in [0.25, 0.3) is 0 Å². The molecular formula is C18H28N2O2S. The van der Waals surface area contributed by atoms with Crippen LogP contribution in [-0.2, 0) is 9.59 Å². The molecule has 0 aromatic heterocycles. The van der Waals surface area contributed by atoms with E-state index >= 15 is 0 Å². The summed E-state index contributed by atoms with van der Waals surface area (Å²) in [6.07, 6.45) is 1.25. The van der Waals surface area contributed by atoms with E-state index in [1.807, 2.05) is 38.1 Å². The lowest BCUT2D eigenvalue weighted by Gasteiger charge is -2.17. The quantitative estimate of drug-likeness (QED) is 0.677. The predicted octanol–water partition coefficient (Wildman–Crippen LogP) is 3.61. The molecule has 0 aliphatic carbocycles. The molecule has 0 fully saturated rings. The van der Waals surface area contributed by atoms with Gasteiger partial charge in [0.1, 0.15) is 0 Å². The molecule has 0 saturated heterocycles. The molecule has 1 atom stereocenters. The van der Waals surface area contributed by atoms with Crippen LogP contribution < -0.4 is 10.6 Å². The zero-order valence-corrected chi connectivity index (χ0v) is 15.3. The number of hydrogen-bond acceptors (Lipinski definition) is 3. The summed E-state index contributed by atoms with van der Waals surface area (Å²) in [6.45, 7) is 8.19. The van der Waals surface area contributed by atoms with Crippen molar-refractivity contribution in [2.45, 2.75) is 46.6 Å². The first-order valence-electron chi connectivity index (χ1n) is 8.12. The Balaban J connectivity index is 2.13. The Morgan fingerprint density at radius 3 is 2.57 bits per heavy atom. The van der Waals surface area contributed by atoms with Crippen LogP contribution in [0.25, 0.3) is 0 Å². The van der Waals surface area contributed by atoms with Gasteiger partial charge < -0.3 is 10.6 Å². The number of aryl methyl sites for hydroxylation is 1. The first-order chi connectivity index (χ1) is 10.9. The topological polar surface area (TPSA) is 58.2 Å². The monoisotopic (exact) mass is 336 g/mol. The van der Waals surface area contributed by atoms with E-state index in [4.69, 9.17) is 0 Å². The third-order valence-corrected chi connectivity index (χ3v) is 4.66. The summed E-state index contributed by atoms with van der Waals surface area (Å²) in [6, 6.07) is 7.96. The Bertz CT molecular complexity index is 517. The molecule has 1 aromatic carbocycles. The number of thioether (sulfide) groups is 1. The van der Waals surface area contributed by atoms with Crippen molar-refractivity contribution in [3.05, 3.63) is 29.8 Å². The molecule has 23 heavy (non-hydrogen) atoms. The third kappa shape index (κ3) is 8.65. The number of benzene rings is 1. The van der Waals surface area contributed by atoms with Crippen LogP contribution in [-0.4, -0.2) is 29.4 Å². The van der Waals surface area contributed by atoms with Gasteiger partial charge in [0, 0.05) is 18.2 Å². The fraction of sp³-hybridized carbons (Fsp3) is 0.556. The molecule has 0 unspecified atom stereocenters. The maximum absolute atomic E-state index is 11.8. The lowest BCUT2D eigenvalue weighted by molar-refractivity contribution is -0.119. The summed E-state index contributed by atoms with van der Waals surface area (Å²) < 4.78 is 0. The number of anilines is 1. The van der Waals surface area contributed by atoms with Crippen molar-refractivity contribution in [2.75, 3.05) is 16.8 Å². The van der Waals surface area contributed by atoms with E-state index in [1.54, 1.807) is 11.8 Å². The second-order valence-electron chi connectivity index (χ2n) is 6.17. The van der Waals surface area contributed by atoms with Gasteiger partial charge in [-0.3, -0.25) is 9.59 Å². The summed E-state index contributed by atoms with van der Waals surface area (Å²) >= 11 is 1.57. The number of amides is 2. The first kappa shape index (κ1) is 19.6. The molecule has 1 rings (SSSR count). The van der Waals surface area contributed by atoms with E-state index in [0.29, 0.717) is 18.1 Å². The second-order valence-corrected chi connectivity index (χ2v) is 7.28. The van der Waals surface area contributed by atoms with Crippen molar-refractivity contribution in [1.29, 1.82) is 0 Å². The van der Waals surface area contributed by atoms with E-state index in [2.05, 4.69) is 24.5 Å². The predicted molar refractivity (Wildman–Crippen MR) is 98.8 cm³/mol. The van der Waals surface area contributed by atoms with Crippen LogP contribution >= 0.6 is 11.8 Å². The van der Waals surface area contributed by atoms with Crippen molar-refractivity contribution < 1.29 is 9.59 Å². The van der Waals surface area contributed by atoms with Crippen LogP contribution in [0.15, 0.2) is 24.3 Å². The average molecular weight is 337 g/mol.